The van der Waals surface area contributed by atoms with Crippen molar-refractivity contribution < 1.29 is 9.53 Å². The smallest absolute Gasteiger partial charge is 0.254 e. The molecule has 132 valence electrons. The molecule has 1 aliphatic heterocycles. The van der Waals surface area contributed by atoms with Gasteiger partial charge in [0.05, 0.1) is 18.8 Å². The van der Waals surface area contributed by atoms with Crippen LogP contribution in [0.3, 0.4) is 0 Å². The van der Waals surface area contributed by atoms with Crippen LogP contribution in [-0.4, -0.2) is 39.8 Å². The normalized spacial score (nSPS) is 14.1. The van der Waals surface area contributed by atoms with Crippen LogP contribution in [0.5, 0.6) is 5.75 Å². The maximum absolute atomic E-state index is 12.7. The van der Waals surface area contributed by atoms with Crippen LogP contribution in [0.1, 0.15) is 22.8 Å². The molecule has 1 amide bonds. The largest absolute Gasteiger partial charge is 0.486 e. The first kappa shape index (κ1) is 16.4. The number of hydrogen-bond acceptors (Lipinski definition) is 3. The molecular weight excluding hydrogens is 326 g/mol. The highest BCUT2D eigenvalue weighted by atomic mass is 16.5. The molecule has 26 heavy (non-hydrogen) atoms. The third-order valence-corrected chi connectivity index (χ3v) is 4.64. The maximum Gasteiger partial charge on any atom is 0.254 e. The number of para-hydroxylation sites is 1. The lowest BCUT2D eigenvalue weighted by atomic mass is 10.1. The van der Waals surface area contributed by atoms with Gasteiger partial charge >= 0.3 is 0 Å². The van der Waals surface area contributed by atoms with E-state index in [-0.39, 0.29) is 12.0 Å². The van der Waals surface area contributed by atoms with E-state index in [9.17, 15) is 4.79 Å². The number of carbonyl (C=O) groups excluding carboxylic acids is 1. The van der Waals surface area contributed by atoms with Gasteiger partial charge in [-0.25, -0.2) is 4.68 Å². The van der Waals surface area contributed by atoms with Gasteiger partial charge in [-0.15, -0.1) is 0 Å². The Kier molecular flexibility index (Phi) is 4.44. The van der Waals surface area contributed by atoms with Crippen LogP contribution in [0.25, 0.3) is 5.69 Å². The Morgan fingerprint density at radius 1 is 1.15 bits per heavy atom. The Labute approximate surface area is 152 Å². The Hall–Kier alpha value is -3.08. The van der Waals surface area contributed by atoms with Crippen LogP contribution in [0.2, 0.25) is 0 Å². The van der Waals surface area contributed by atoms with E-state index in [0.29, 0.717) is 18.7 Å². The molecule has 0 atom stereocenters. The lowest BCUT2D eigenvalue weighted by molar-refractivity contribution is 0.0174. The van der Waals surface area contributed by atoms with Gasteiger partial charge in [-0.05, 0) is 42.3 Å². The second-order valence-corrected chi connectivity index (χ2v) is 6.41. The molecule has 1 aliphatic rings. The van der Waals surface area contributed by atoms with Crippen LogP contribution >= 0.6 is 0 Å². The first-order valence-electron chi connectivity index (χ1n) is 8.88. The van der Waals surface area contributed by atoms with E-state index in [4.69, 9.17) is 4.74 Å². The molecular formula is C21H21N3O2. The molecule has 0 bridgehead atoms. The minimum Gasteiger partial charge on any atom is -0.486 e. The molecule has 1 saturated heterocycles. The number of aryl methyl sites for hydroxylation is 1. The second-order valence-electron chi connectivity index (χ2n) is 6.41. The molecule has 0 aliphatic carbocycles. The number of benzene rings is 2. The molecule has 4 rings (SSSR count). The SMILES string of the molecule is CCc1ccccc1OC1CN(C(=O)c2cccc(-n3cccn3)c2)C1. The summed E-state index contributed by atoms with van der Waals surface area (Å²) in [6.07, 6.45) is 4.58. The summed E-state index contributed by atoms with van der Waals surface area (Å²) in [5, 5.41) is 4.21. The second kappa shape index (κ2) is 7.04. The molecule has 5 nitrogen and oxygen atoms in total. The molecule has 0 saturated carbocycles. The highest BCUT2D eigenvalue weighted by Crippen LogP contribution is 2.24. The number of carbonyl (C=O) groups is 1. The summed E-state index contributed by atoms with van der Waals surface area (Å²) in [7, 11) is 0. The molecule has 3 aromatic rings. The van der Waals surface area contributed by atoms with E-state index in [2.05, 4.69) is 18.1 Å². The van der Waals surface area contributed by atoms with E-state index in [0.717, 1.165) is 17.9 Å². The van der Waals surface area contributed by atoms with Gasteiger partial charge in [-0.3, -0.25) is 4.79 Å². The Morgan fingerprint density at radius 2 is 2.00 bits per heavy atom. The van der Waals surface area contributed by atoms with Gasteiger partial charge in [-0.2, -0.15) is 5.10 Å². The first-order valence-corrected chi connectivity index (χ1v) is 8.88. The van der Waals surface area contributed by atoms with E-state index in [1.807, 2.05) is 59.6 Å². The van der Waals surface area contributed by atoms with Crippen molar-refractivity contribution in [3.8, 4) is 11.4 Å². The van der Waals surface area contributed by atoms with Gasteiger partial charge < -0.3 is 9.64 Å². The summed E-state index contributed by atoms with van der Waals surface area (Å²) >= 11 is 0. The molecule has 2 aromatic carbocycles. The first-order chi connectivity index (χ1) is 12.7. The number of ether oxygens (including phenoxy) is 1. The molecule has 0 unspecified atom stereocenters. The highest BCUT2D eigenvalue weighted by Gasteiger charge is 2.33. The average molecular weight is 347 g/mol. The Morgan fingerprint density at radius 3 is 2.77 bits per heavy atom. The van der Waals surface area contributed by atoms with Crippen molar-refractivity contribution in [2.45, 2.75) is 19.4 Å². The van der Waals surface area contributed by atoms with E-state index >= 15 is 0 Å². The minimum absolute atomic E-state index is 0.0302. The quantitative estimate of drug-likeness (QED) is 0.711. The fourth-order valence-electron chi connectivity index (χ4n) is 3.15. The van der Waals surface area contributed by atoms with Gasteiger partial charge in [0, 0.05) is 18.0 Å². The monoisotopic (exact) mass is 347 g/mol. The minimum atomic E-state index is 0.0302. The molecule has 0 radical (unpaired) electrons. The van der Waals surface area contributed by atoms with Crippen molar-refractivity contribution in [1.29, 1.82) is 0 Å². The lowest BCUT2D eigenvalue weighted by Crippen LogP contribution is -2.56. The zero-order valence-corrected chi connectivity index (χ0v) is 14.7. The van der Waals surface area contributed by atoms with Crippen LogP contribution in [-0.2, 0) is 6.42 Å². The van der Waals surface area contributed by atoms with Crippen molar-refractivity contribution in [1.82, 2.24) is 14.7 Å². The predicted molar refractivity (Wildman–Crippen MR) is 99.7 cm³/mol. The lowest BCUT2D eigenvalue weighted by Gasteiger charge is -2.39. The summed E-state index contributed by atoms with van der Waals surface area (Å²) in [5.74, 6) is 0.954. The van der Waals surface area contributed by atoms with Crippen molar-refractivity contribution in [2.75, 3.05) is 13.1 Å². The third kappa shape index (κ3) is 3.20. The van der Waals surface area contributed by atoms with E-state index in [1.165, 1.54) is 5.56 Å². The highest BCUT2D eigenvalue weighted by molar-refractivity contribution is 5.95. The van der Waals surface area contributed by atoms with Crippen molar-refractivity contribution in [2.24, 2.45) is 0 Å². The number of likely N-dealkylation sites (tertiary alicyclic amines) is 1. The van der Waals surface area contributed by atoms with Gasteiger partial charge in [0.2, 0.25) is 0 Å². The van der Waals surface area contributed by atoms with Gasteiger partial charge in [0.25, 0.3) is 5.91 Å². The van der Waals surface area contributed by atoms with E-state index in [1.54, 1.807) is 10.9 Å². The molecule has 5 heteroatoms. The summed E-state index contributed by atoms with van der Waals surface area (Å²) < 4.78 is 7.81. The van der Waals surface area contributed by atoms with Crippen LogP contribution in [0, 0.1) is 0 Å². The number of aromatic nitrogens is 2. The molecule has 1 aromatic heterocycles. The average Bonchev–Trinajstić information content (AvgIpc) is 3.19. The number of hydrogen-bond donors (Lipinski definition) is 0. The Bertz CT molecular complexity index is 899. The number of nitrogens with zero attached hydrogens (tertiary/aromatic N) is 3. The van der Waals surface area contributed by atoms with Gasteiger partial charge in [0.15, 0.2) is 0 Å². The maximum atomic E-state index is 12.7. The predicted octanol–water partition coefficient (Wildman–Crippen LogP) is 3.34. The molecule has 1 fully saturated rings. The summed E-state index contributed by atoms with van der Waals surface area (Å²) in [6.45, 7) is 3.34. The summed E-state index contributed by atoms with van der Waals surface area (Å²) in [5.41, 5.74) is 2.75. The van der Waals surface area contributed by atoms with Gasteiger partial charge in [-0.1, -0.05) is 31.2 Å². The van der Waals surface area contributed by atoms with E-state index < -0.39 is 0 Å². The molecule has 0 spiro atoms. The van der Waals surface area contributed by atoms with Crippen LogP contribution in [0.4, 0.5) is 0 Å². The van der Waals surface area contributed by atoms with Crippen LogP contribution in [0.15, 0.2) is 67.0 Å². The standard InChI is InChI=1S/C21H21N3O2/c1-2-16-7-3-4-10-20(16)26-19-14-23(15-19)21(25)17-8-5-9-18(13-17)24-12-6-11-22-24/h3-13,19H,2,14-15H2,1H3. The zero-order chi connectivity index (χ0) is 17.9. The molecule has 2 heterocycles. The Balaban J connectivity index is 1.40. The third-order valence-electron chi connectivity index (χ3n) is 4.64. The van der Waals surface area contributed by atoms with Gasteiger partial charge in [0.1, 0.15) is 11.9 Å². The van der Waals surface area contributed by atoms with Crippen LogP contribution < -0.4 is 4.74 Å². The molecule has 0 N–H and O–H groups in total. The van der Waals surface area contributed by atoms with Crippen molar-refractivity contribution in [3.05, 3.63) is 78.1 Å². The number of amides is 1. The summed E-state index contributed by atoms with van der Waals surface area (Å²) in [6, 6.07) is 17.5. The summed E-state index contributed by atoms with van der Waals surface area (Å²) in [4.78, 5) is 14.5. The van der Waals surface area contributed by atoms with Crippen molar-refractivity contribution in [3.63, 3.8) is 0 Å². The fraction of sp³-hybridized carbons (Fsp3) is 0.238. The van der Waals surface area contributed by atoms with Crippen molar-refractivity contribution >= 4 is 5.91 Å². The zero-order valence-electron chi connectivity index (χ0n) is 14.7. The topological polar surface area (TPSA) is 47.4 Å². The fourth-order valence-corrected chi connectivity index (χ4v) is 3.15. The number of rotatable bonds is 5.